The first kappa shape index (κ1) is 30.6. The molecule has 0 fully saturated rings. The van der Waals surface area contributed by atoms with Crippen molar-refractivity contribution in [1.82, 2.24) is 0 Å². The van der Waals surface area contributed by atoms with E-state index in [2.05, 4.69) is 131 Å². The van der Waals surface area contributed by atoms with Gasteiger partial charge in [-0.1, -0.05) is 92.5 Å². The van der Waals surface area contributed by atoms with Crippen LogP contribution in [0.4, 0.5) is 0 Å². The predicted octanol–water partition coefficient (Wildman–Crippen LogP) is 7.36. The lowest BCUT2D eigenvalue weighted by atomic mass is 10.0. The van der Waals surface area contributed by atoms with E-state index in [9.17, 15) is 0 Å². The third-order valence-corrected chi connectivity index (χ3v) is 8.67. The van der Waals surface area contributed by atoms with Gasteiger partial charge < -0.3 is 0 Å². The van der Waals surface area contributed by atoms with E-state index in [0.717, 1.165) is 23.6 Å². The molecule has 3 aromatic carbocycles. The molecule has 0 saturated heterocycles. The van der Waals surface area contributed by atoms with Crippen molar-refractivity contribution in [2.75, 3.05) is 43.4 Å². The predicted molar refractivity (Wildman–Crippen MR) is 179 cm³/mol. The Morgan fingerprint density at radius 2 is 1.00 bits per heavy atom. The average Bonchev–Trinajstić information content (AvgIpc) is 3.02. The highest BCUT2D eigenvalue weighted by Crippen LogP contribution is 2.13. The van der Waals surface area contributed by atoms with Gasteiger partial charge in [0.15, 0.2) is 12.4 Å². The topological polar surface area (TPSA) is 18.4 Å². The lowest BCUT2D eigenvalue weighted by Crippen LogP contribution is -2.26. The molecule has 3 aromatic rings. The van der Waals surface area contributed by atoms with Crippen LogP contribution in [-0.2, 0) is 19.3 Å². The van der Waals surface area contributed by atoms with Crippen molar-refractivity contribution in [2.24, 2.45) is 4.99 Å². The van der Waals surface area contributed by atoms with E-state index in [1.807, 2.05) is 6.21 Å². The quantitative estimate of drug-likeness (QED) is 0.136. The second kappa shape index (κ2) is 17.4. The molecule has 3 aliphatic heterocycles. The maximum atomic E-state index is 4.19. The van der Waals surface area contributed by atoms with E-state index in [0.29, 0.717) is 0 Å². The summed E-state index contributed by atoms with van der Waals surface area (Å²) in [4.78, 5) is 4.19. The van der Waals surface area contributed by atoms with Crippen LogP contribution in [0.3, 0.4) is 0 Å². The summed E-state index contributed by atoms with van der Waals surface area (Å²) in [5.74, 6) is 0. The fraction of sp³-hybridized carbons (Fsp3) is 0.400. The second-order valence-electron chi connectivity index (χ2n) is 10.5. The minimum atomic E-state index is 0.955. The van der Waals surface area contributed by atoms with Gasteiger partial charge in [-0.15, -0.1) is 0 Å². The number of alkyl halides is 2. The van der Waals surface area contributed by atoms with Gasteiger partial charge in [-0.25, -0.2) is 9.15 Å². The first-order valence-corrected chi connectivity index (χ1v) is 17.0. The Hall–Kier alpha value is -2.37. The van der Waals surface area contributed by atoms with Gasteiger partial charge in [0, 0.05) is 60.2 Å². The molecule has 5 heteroatoms. The van der Waals surface area contributed by atoms with Crippen LogP contribution in [0.5, 0.6) is 0 Å². The Labute approximate surface area is 258 Å². The zero-order valence-corrected chi connectivity index (χ0v) is 26.8. The molecule has 0 N–H and O–H groups in total. The Bertz CT molecular complexity index is 1220. The minimum Gasteiger partial charge on any atom is -0.292 e. The molecule has 210 valence electrons. The molecule has 0 aliphatic carbocycles. The molecule has 0 aromatic heterocycles. The average molecular weight is 666 g/mol. The zero-order chi connectivity index (χ0) is 27.8. The third-order valence-electron chi connectivity index (χ3n) is 7.54. The van der Waals surface area contributed by atoms with E-state index in [-0.39, 0.29) is 0 Å². The van der Waals surface area contributed by atoms with Crippen LogP contribution in [0.1, 0.15) is 59.1 Å². The molecule has 40 heavy (non-hydrogen) atoms. The van der Waals surface area contributed by atoms with Crippen LogP contribution < -0.4 is 0 Å². The molecular formula is C35H43Br2N3+2. The number of hydrogen-bond acceptors (Lipinski definition) is 1. The fourth-order valence-electron chi connectivity index (χ4n) is 5.23. The van der Waals surface area contributed by atoms with Crippen LogP contribution in [0, 0.1) is 0 Å². The van der Waals surface area contributed by atoms with E-state index in [1.54, 1.807) is 0 Å². The van der Waals surface area contributed by atoms with Crippen LogP contribution >= 0.6 is 31.9 Å². The second-order valence-corrected chi connectivity index (χ2v) is 12.1. The highest BCUT2D eigenvalue weighted by molar-refractivity contribution is 9.09. The van der Waals surface area contributed by atoms with Crippen molar-refractivity contribution in [3.8, 4) is 0 Å². The molecule has 0 spiro atoms. The molecule has 3 nitrogen and oxygen atoms in total. The first-order chi connectivity index (χ1) is 19.8. The van der Waals surface area contributed by atoms with Crippen molar-refractivity contribution >= 4 is 50.5 Å². The van der Waals surface area contributed by atoms with Crippen molar-refractivity contribution in [1.29, 1.82) is 0 Å². The number of rotatable bonds is 8. The van der Waals surface area contributed by atoms with Gasteiger partial charge in [-0.2, -0.15) is 0 Å². The molecule has 3 aliphatic rings. The van der Waals surface area contributed by atoms with E-state index in [1.165, 1.54) is 98.1 Å². The number of aliphatic imine (C=N–C) groups is 1. The summed E-state index contributed by atoms with van der Waals surface area (Å²) in [5.41, 5.74) is 8.52. The van der Waals surface area contributed by atoms with Crippen molar-refractivity contribution < 1.29 is 9.15 Å². The van der Waals surface area contributed by atoms with Gasteiger partial charge in [0.25, 0.3) is 0 Å². The monoisotopic (exact) mass is 663 g/mol. The molecule has 0 saturated carbocycles. The Morgan fingerprint density at radius 1 is 0.550 bits per heavy atom. The van der Waals surface area contributed by atoms with Crippen LogP contribution in [0.25, 0.3) is 0 Å². The summed E-state index contributed by atoms with van der Waals surface area (Å²) in [6, 6.07) is 26.0. The van der Waals surface area contributed by atoms with E-state index < -0.39 is 0 Å². The maximum absolute atomic E-state index is 4.19. The molecular weight excluding hydrogens is 622 g/mol. The standard InChI is InChI=1S/C22H26N2.C9H9N.C4H8Br2/c1-3-9-21-17-23(15-11-19(21)7-1)13-5-6-14-24-16-12-20-8-2-4-10-22(20)18-24;1-2-4-9-7-10-6-5-8(9)3-1;5-3-1-2-4-6/h1-4,7-10,17-18H,5-6,11-16H2;1-4,7H,5-6H2;1-4H2/q+2;;. The zero-order valence-electron chi connectivity index (χ0n) is 23.7. The maximum Gasteiger partial charge on any atom is 0.170 e. The fourth-order valence-corrected chi connectivity index (χ4v) is 6.03. The molecule has 6 rings (SSSR count). The number of nitrogens with zero attached hydrogens (tertiary/aromatic N) is 3. The van der Waals surface area contributed by atoms with Crippen molar-refractivity contribution in [3.05, 3.63) is 106 Å². The summed E-state index contributed by atoms with van der Waals surface area (Å²) in [5, 5.41) is 2.28. The summed E-state index contributed by atoms with van der Waals surface area (Å²) >= 11 is 6.66. The summed E-state index contributed by atoms with van der Waals surface area (Å²) in [6.45, 7) is 5.65. The number of hydrogen-bond donors (Lipinski definition) is 0. The third kappa shape index (κ3) is 9.92. The summed E-state index contributed by atoms with van der Waals surface area (Å²) in [6.07, 6.45) is 15.2. The molecule has 0 radical (unpaired) electrons. The van der Waals surface area contributed by atoms with Gasteiger partial charge in [-0.3, -0.25) is 4.99 Å². The smallest absolute Gasteiger partial charge is 0.170 e. The number of unbranched alkanes of at least 4 members (excludes halogenated alkanes) is 2. The van der Waals surface area contributed by atoms with Crippen LogP contribution in [0.2, 0.25) is 0 Å². The Balaban J connectivity index is 0.000000189. The van der Waals surface area contributed by atoms with Gasteiger partial charge in [0.1, 0.15) is 26.2 Å². The number of fused-ring (bicyclic) bond motifs is 3. The number of halogens is 2. The minimum absolute atomic E-state index is 0.955. The van der Waals surface area contributed by atoms with Gasteiger partial charge in [0.05, 0.1) is 0 Å². The SMILES string of the molecule is BrCCCCBr.C1=NCCc2ccccc21.C1=[N+](CCCC[N+]2=Cc3ccccc3CC2)CCc2ccccc21. The van der Waals surface area contributed by atoms with Gasteiger partial charge in [0.2, 0.25) is 0 Å². The lowest BCUT2D eigenvalue weighted by molar-refractivity contribution is -0.535. The van der Waals surface area contributed by atoms with Crippen LogP contribution in [0.15, 0.2) is 77.8 Å². The molecule has 0 atom stereocenters. The highest BCUT2D eigenvalue weighted by atomic mass is 79.9. The summed E-state index contributed by atoms with van der Waals surface area (Å²) < 4.78 is 5.00. The number of benzene rings is 3. The lowest BCUT2D eigenvalue weighted by Gasteiger charge is -2.13. The Kier molecular flexibility index (Phi) is 13.3. The molecule has 3 heterocycles. The van der Waals surface area contributed by atoms with Gasteiger partial charge in [-0.05, 0) is 53.6 Å². The van der Waals surface area contributed by atoms with E-state index in [4.69, 9.17) is 0 Å². The normalized spacial score (nSPS) is 14.7. The first-order valence-electron chi connectivity index (χ1n) is 14.8. The van der Waals surface area contributed by atoms with Gasteiger partial charge >= 0.3 is 0 Å². The molecule has 0 bridgehead atoms. The molecule has 0 amide bonds. The van der Waals surface area contributed by atoms with Crippen molar-refractivity contribution in [3.63, 3.8) is 0 Å². The van der Waals surface area contributed by atoms with Crippen LogP contribution in [-0.4, -0.2) is 71.2 Å². The summed E-state index contributed by atoms with van der Waals surface area (Å²) in [7, 11) is 0. The van der Waals surface area contributed by atoms with E-state index >= 15 is 0 Å². The molecule has 0 unspecified atom stereocenters. The largest absolute Gasteiger partial charge is 0.292 e. The highest BCUT2D eigenvalue weighted by Gasteiger charge is 2.17. The Morgan fingerprint density at radius 3 is 1.48 bits per heavy atom. The van der Waals surface area contributed by atoms with Crippen molar-refractivity contribution in [2.45, 2.75) is 44.9 Å².